The molecule has 7 heteroatoms. The molecule has 4 aromatic rings. The van der Waals surface area contributed by atoms with E-state index >= 15 is 0 Å². The van der Waals surface area contributed by atoms with Gasteiger partial charge in [0.1, 0.15) is 11.5 Å². The lowest BCUT2D eigenvalue weighted by Gasteiger charge is -2.35. The van der Waals surface area contributed by atoms with Crippen molar-refractivity contribution in [2.24, 2.45) is 0 Å². The Hall–Kier alpha value is -3.97. The van der Waals surface area contributed by atoms with Crippen molar-refractivity contribution in [2.45, 2.75) is 18.2 Å². The van der Waals surface area contributed by atoms with Crippen LogP contribution in [-0.2, 0) is 16.9 Å². The largest absolute Gasteiger partial charge is 0.497 e. The molecule has 2 atom stereocenters. The number of cyclic esters (lactones) is 1. The maximum absolute atomic E-state index is 13.1. The lowest BCUT2D eigenvalue weighted by atomic mass is 9.91. The number of nitrogens with zero attached hydrogens (tertiary/aromatic N) is 1. The number of benzene rings is 3. The van der Waals surface area contributed by atoms with Gasteiger partial charge in [-0.2, -0.15) is 0 Å². The van der Waals surface area contributed by atoms with Gasteiger partial charge >= 0.3 is 6.09 Å². The molecule has 1 aliphatic rings. The second-order valence-electron chi connectivity index (χ2n) is 8.25. The number of carbonyl (C=O) groups is 1. The topological polar surface area (TPSA) is 84.0 Å². The molecule has 0 radical (unpaired) electrons. The third-order valence-electron chi connectivity index (χ3n) is 6.43. The van der Waals surface area contributed by atoms with Crippen LogP contribution in [0.2, 0.25) is 0 Å². The number of carbonyl (C=O) groups excluding carboxylic acids is 1. The van der Waals surface area contributed by atoms with Crippen LogP contribution in [0.15, 0.2) is 79.0 Å². The predicted molar refractivity (Wildman–Crippen MR) is 128 cm³/mol. The maximum Gasteiger partial charge on any atom is 0.413 e. The summed E-state index contributed by atoms with van der Waals surface area (Å²) < 4.78 is 16.3. The van der Waals surface area contributed by atoms with Gasteiger partial charge in [0.25, 0.3) is 0 Å². The highest BCUT2D eigenvalue weighted by Gasteiger charge is 2.55. The van der Waals surface area contributed by atoms with Gasteiger partial charge in [-0.1, -0.05) is 42.5 Å². The summed E-state index contributed by atoms with van der Waals surface area (Å²) in [7, 11) is 3.17. The number of aromatic amines is 1. The summed E-state index contributed by atoms with van der Waals surface area (Å²) >= 11 is 0. The Balaban J connectivity index is 1.52. The highest BCUT2D eigenvalue weighted by Crippen LogP contribution is 2.47. The number of para-hydroxylation sites is 1. The zero-order valence-corrected chi connectivity index (χ0v) is 19.0. The molecule has 5 rings (SSSR count). The Morgan fingerprint density at radius 1 is 0.971 bits per heavy atom. The number of nitrogens with one attached hydrogen (secondary N) is 1. The first kappa shape index (κ1) is 21.9. The summed E-state index contributed by atoms with van der Waals surface area (Å²) in [5.41, 5.74) is 1.60. The normalized spacial score (nSPS) is 19.9. The van der Waals surface area contributed by atoms with Crippen LogP contribution >= 0.6 is 0 Å². The second kappa shape index (κ2) is 8.76. The first-order valence-electron chi connectivity index (χ1n) is 11.1. The van der Waals surface area contributed by atoms with Crippen LogP contribution in [0, 0.1) is 0 Å². The molecule has 0 unspecified atom stereocenters. The third-order valence-corrected chi connectivity index (χ3v) is 6.43. The van der Waals surface area contributed by atoms with Crippen molar-refractivity contribution in [1.29, 1.82) is 0 Å². The summed E-state index contributed by atoms with van der Waals surface area (Å²) in [5.74, 6) is 1.33. The summed E-state index contributed by atoms with van der Waals surface area (Å²) in [4.78, 5) is 17.8. The molecule has 1 aromatic heterocycles. The van der Waals surface area contributed by atoms with Crippen LogP contribution in [0.1, 0.15) is 22.8 Å². The zero-order chi connectivity index (χ0) is 23.7. The van der Waals surface area contributed by atoms with Crippen LogP contribution in [0.3, 0.4) is 0 Å². The lowest BCUT2D eigenvalue weighted by molar-refractivity contribution is -0.109. The van der Waals surface area contributed by atoms with Crippen molar-refractivity contribution in [3.8, 4) is 11.5 Å². The van der Waals surface area contributed by atoms with Crippen molar-refractivity contribution >= 4 is 17.0 Å². The van der Waals surface area contributed by atoms with E-state index in [-0.39, 0.29) is 6.54 Å². The van der Waals surface area contributed by atoms with Crippen molar-refractivity contribution in [3.63, 3.8) is 0 Å². The molecule has 34 heavy (non-hydrogen) atoms. The van der Waals surface area contributed by atoms with Crippen LogP contribution in [0.25, 0.3) is 10.9 Å². The molecule has 0 bridgehead atoms. The molecule has 0 aliphatic carbocycles. The van der Waals surface area contributed by atoms with E-state index in [1.165, 1.54) is 4.90 Å². The van der Waals surface area contributed by atoms with Gasteiger partial charge in [0.2, 0.25) is 5.72 Å². The highest BCUT2D eigenvalue weighted by atomic mass is 16.6. The molecule has 1 aliphatic heterocycles. The summed E-state index contributed by atoms with van der Waals surface area (Å²) in [6.45, 7) is 0.274. The molecule has 1 amide bonds. The molecule has 1 saturated heterocycles. The van der Waals surface area contributed by atoms with Gasteiger partial charge < -0.3 is 24.3 Å². The molecule has 1 fully saturated rings. The molecule has 0 saturated carbocycles. The van der Waals surface area contributed by atoms with Crippen molar-refractivity contribution in [1.82, 2.24) is 9.88 Å². The van der Waals surface area contributed by atoms with E-state index in [0.717, 1.165) is 16.5 Å². The number of hydrogen-bond donors (Lipinski definition) is 2. The fourth-order valence-corrected chi connectivity index (χ4v) is 4.58. The standard InChI is InChI=1S/C27H26N2O5/c1-32-21-11-7-18(8-12-21)25-27(31,20-9-13-22(33-2)14-10-20)29(26(30)34-25)16-15-19-17-28-24-6-4-3-5-23(19)24/h3-14,17,25,28,31H,15-16H2,1-2H3/t25-,27-/m1/s1. The van der Waals surface area contributed by atoms with Crippen molar-refractivity contribution in [2.75, 3.05) is 20.8 Å². The van der Waals surface area contributed by atoms with E-state index in [9.17, 15) is 9.90 Å². The number of aromatic nitrogens is 1. The number of rotatable bonds is 7. The average Bonchev–Trinajstić information content (AvgIpc) is 3.41. The Kier molecular flexibility index (Phi) is 5.63. The van der Waals surface area contributed by atoms with Gasteiger partial charge in [0.15, 0.2) is 6.10 Å². The highest BCUT2D eigenvalue weighted by molar-refractivity contribution is 5.83. The molecule has 0 spiro atoms. The summed E-state index contributed by atoms with van der Waals surface area (Å²) in [5, 5.41) is 13.2. The fraction of sp³-hybridized carbons (Fsp3) is 0.222. The van der Waals surface area contributed by atoms with Gasteiger partial charge in [-0.3, -0.25) is 4.90 Å². The van der Waals surface area contributed by atoms with E-state index < -0.39 is 17.9 Å². The molecule has 174 valence electrons. The second-order valence-corrected chi connectivity index (χ2v) is 8.25. The maximum atomic E-state index is 13.1. The van der Waals surface area contributed by atoms with Crippen molar-refractivity contribution in [3.05, 3.63) is 95.7 Å². The molecular weight excluding hydrogens is 432 g/mol. The van der Waals surface area contributed by atoms with Gasteiger partial charge in [0.05, 0.1) is 14.2 Å². The van der Waals surface area contributed by atoms with Crippen molar-refractivity contribution < 1.29 is 24.1 Å². The number of methoxy groups -OCH3 is 2. The zero-order valence-electron chi connectivity index (χ0n) is 19.0. The number of ether oxygens (including phenoxy) is 3. The van der Waals surface area contributed by atoms with E-state index in [4.69, 9.17) is 14.2 Å². The molecule has 3 aromatic carbocycles. The minimum absolute atomic E-state index is 0.274. The summed E-state index contributed by atoms with van der Waals surface area (Å²) in [6.07, 6.45) is 1.01. The van der Waals surface area contributed by atoms with Gasteiger partial charge in [-0.15, -0.1) is 0 Å². The number of fused-ring (bicyclic) bond motifs is 1. The van der Waals surface area contributed by atoms with Gasteiger partial charge in [-0.25, -0.2) is 4.79 Å². The minimum atomic E-state index is -1.70. The first-order chi connectivity index (χ1) is 16.5. The fourth-order valence-electron chi connectivity index (χ4n) is 4.58. The van der Waals surface area contributed by atoms with Gasteiger partial charge in [0, 0.05) is 29.2 Å². The monoisotopic (exact) mass is 458 g/mol. The summed E-state index contributed by atoms with van der Waals surface area (Å²) in [6, 6.07) is 22.2. The quantitative estimate of drug-likeness (QED) is 0.417. The van der Waals surface area contributed by atoms with E-state index in [0.29, 0.717) is 29.0 Å². The average molecular weight is 459 g/mol. The number of hydrogen-bond acceptors (Lipinski definition) is 5. The SMILES string of the molecule is COc1ccc([C@H]2OC(=O)N(CCc3c[nH]c4ccccc34)[C@@]2(O)c2ccc(OC)cc2)cc1. The van der Waals surface area contributed by atoms with Crippen LogP contribution in [0.5, 0.6) is 11.5 Å². The van der Waals surface area contributed by atoms with E-state index in [1.54, 1.807) is 62.8 Å². The number of aliphatic hydroxyl groups is 1. The van der Waals surface area contributed by atoms with Crippen LogP contribution in [-0.4, -0.2) is 41.8 Å². The molecule has 2 heterocycles. The Labute approximate surface area is 197 Å². The Morgan fingerprint density at radius 2 is 1.62 bits per heavy atom. The number of amides is 1. The lowest BCUT2D eigenvalue weighted by Crippen LogP contribution is -2.46. The minimum Gasteiger partial charge on any atom is -0.497 e. The first-order valence-corrected chi connectivity index (χ1v) is 11.1. The van der Waals surface area contributed by atoms with Gasteiger partial charge in [-0.05, 0) is 47.9 Å². The van der Waals surface area contributed by atoms with Crippen LogP contribution < -0.4 is 9.47 Å². The third kappa shape index (κ3) is 3.64. The van der Waals surface area contributed by atoms with E-state index in [2.05, 4.69) is 4.98 Å². The predicted octanol–water partition coefficient (Wildman–Crippen LogP) is 4.77. The molecular formula is C27H26N2O5. The number of H-pyrrole nitrogens is 1. The molecule has 7 nitrogen and oxygen atoms in total. The Morgan fingerprint density at radius 3 is 2.29 bits per heavy atom. The van der Waals surface area contributed by atoms with E-state index in [1.807, 2.05) is 30.5 Å². The smallest absolute Gasteiger partial charge is 0.413 e. The van der Waals surface area contributed by atoms with Crippen LogP contribution in [0.4, 0.5) is 4.79 Å². The molecule has 2 N–H and O–H groups in total. The Bertz CT molecular complexity index is 1300.